The first-order chi connectivity index (χ1) is 6.45. The van der Waals surface area contributed by atoms with Crippen molar-refractivity contribution in [2.75, 3.05) is 0 Å². The topological polar surface area (TPSA) is 37.3 Å². The van der Waals surface area contributed by atoms with Crippen LogP contribution in [-0.2, 0) is 0 Å². The molecule has 1 aromatic rings. The number of benzene rings is 1. The number of carbonyl (C=O) groups is 1. The molecular formula is C11H13ClO2. The Kier molecular flexibility index (Phi) is 3.17. The Labute approximate surface area is 88.5 Å². The number of carbonyl (C=O) groups excluding carboxylic acids is 1. The Morgan fingerprint density at radius 2 is 1.93 bits per heavy atom. The third-order valence-electron chi connectivity index (χ3n) is 2.39. The molecule has 0 radical (unpaired) electrons. The third-order valence-corrected chi connectivity index (χ3v) is 2.58. The summed E-state index contributed by atoms with van der Waals surface area (Å²) in [6.45, 7) is 5.23. The minimum atomic E-state index is -0.530. The summed E-state index contributed by atoms with van der Waals surface area (Å²) < 4.78 is 0. The van der Waals surface area contributed by atoms with Gasteiger partial charge >= 0.3 is 0 Å². The van der Waals surface area contributed by atoms with E-state index in [-0.39, 0.29) is 11.5 Å². The van der Waals surface area contributed by atoms with Crippen LogP contribution in [0.4, 0.5) is 0 Å². The lowest BCUT2D eigenvalue weighted by Gasteiger charge is -2.10. The number of hydrogen-bond donors (Lipinski definition) is 1. The van der Waals surface area contributed by atoms with Gasteiger partial charge in [0.2, 0.25) is 0 Å². The van der Waals surface area contributed by atoms with Crippen LogP contribution in [0.5, 0.6) is 5.75 Å². The number of ketones is 1. The van der Waals surface area contributed by atoms with E-state index in [0.29, 0.717) is 5.56 Å². The van der Waals surface area contributed by atoms with Crippen molar-refractivity contribution in [3.05, 3.63) is 28.8 Å². The third kappa shape index (κ3) is 1.90. The lowest BCUT2D eigenvalue weighted by atomic mass is 9.98. The molecule has 0 fully saturated rings. The van der Waals surface area contributed by atoms with E-state index < -0.39 is 5.38 Å². The number of rotatable bonds is 2. The van der Waals surface area contributed by atoms with Gasteiger partial charge in [0.25, 0.3) is 0 Å². The van der Waals surface area contributed by atoms with Crippen molar-refractivity contribution in [1.82, 2.24) is 0 Å². The quantitative estimate of drug-likeness (QED) is 0.605. The molecule has 1 unspecified atom stereocenters. The second-order valence-corrected chi connectivity index (χ2v) is 4.02. The minimum Gasteiger partial charge on any atom is -0.508 e. The Hall–Kier alpha value is -1.02. The van der Waals surface area contributed by atoms with Crippen LogP contribution in [0.3, 0.4) is 0 Å². The molecule has 1 N–H and O–H groups in total. The van der Waals surface area contributed by atoms with Gasteiger partial charge < -0.3 is 5.11 Å². The molecule has 76 valence electrons. The maximum absolute atomic E-state index is 11.6. The Morgan fingerprint density at radius 1 is 1.36 bits per heavy atom. The summed E-state index contributed by atoms with van der Waals surface area (Å²) in [5.74, 6) is 0.105. The summed E-state index contributed by atoms with van der Waals surface area (Å²) in [7, 11) is 0. The highest BCUT2D eigenvalue weighted by atomic mass is 35.5. The van der Waals surface area contributed by atoms with Gasteiger partial charge in [-0.1, -0.05) is 0 Å². The van der Waals surface area contributed by atoms with E-state index in [1.54, 1.807) is 19.9 Å². The number of phenols is 1. The normalized spacial score (nSPS) is 12.6. The van der Waals surface area contributed by atoms with Crippen LogP contribution in [0.1, 0.15) is 28.4 Å². The molecule has 0 spiro atoms. The van der Waals surface area contributed by atoms with E-state index in [0.717, 1.165) is 11.1 Å². The van der Waals surface area contributed by atoms with Crippen LogP contribution in [0.15, 0.2) is 12.1 Å². The van der Waals surface area contributed by atoms with Crippen LogP contribution in [0.2, 0.25) is 0 Å². The van der Waals surface area contributed by atoms with Gasteiger partial charge in [0.15, 0.2) is 5.78 Å². The molecule has 0 saturated heterocycles. The van der Waals surface area contributed by atoms with E-state index in [9.17, 15) is 9.90 Å². The van der Waals surface area contributed by atoms with Crippen molar-refractivity contribution in [3.8, 4) is 5.75 Å². The number of halogens is 1. The number of Topliss-reactive ketones (excluding diaryl/α,β-unsaturated/α-hetero) is 1. The van der Waals surface area contributed by atoms with Crippen LogP contribution in [-0.4, -0.2) is 16.3 Å². The molecule has 0 aliphatic heterocycles. The molecule has 1 aromatic carbocycles. The zero-order valence-corrected chi connectivity index (χ0v) is 9.22. The fraction of sp³-hybridized carbons (Fsp3) is 0.364. The smallest absolute Gasteiger partial charge is 0.180 e. The average Bonchev–Trinajstić information content (AvgIpc) is 2.13. The van der Waals surface area contributed by atoms with Gasteiger partial charge in [-0.2, -0.15) is 0 Å². The van der Waals surface area contributed by atoms with Crippen LogP contribution < -0.4 is 0 Å². The van der Waals surface area contributed by atoms with Crippen molar-refractivity contribution in [3.63, 3.8) is 0 Å². The fourth-order valence-corrected chi connectivity index (χ4v) is 1.41. The van der Waals surface area contributed by atoms with Gasteiger partial charge in [-0.3, -0.25) is 4.79 Å². The minimum absolute atomic E-state index is 0.104. The van der Waals surface area contributed by atoms with E-state index in [4.69, 9.17) is 11.6 Å². The highest BCUT2D eigenvalue weighted by Gasteiger charge is 2.16. The van der Waals surface area contributed by atoms with Crippen LogP contribution in [0.25, 0.3) is 0 Å². The molecule has 1 atom stereocenters. The maximum Gasteiger partial charge on any atom is 0.180 e. The van der Waals surface area contributed by atoms with Crippen molar-refractivity contribution in [2.45, 2.75) is 26.1 Å². The first-order valence-electron chi connectivity index (χ1n) is 4.42. The second-order valence-electron chi connectivity index (χ2n) is 3.36. The molecule has 2 nitrogen and oxygen atoms in total. The monoisotopic (exact) mass is 212 g/mol. The Balaban J connectivity index is 3.24. The van der Waals surface area contributed by atoms with Gasteiger partial charge in [0.05, 0.1) is 5.38 Å². The lowest BCUT2D eigenvalue weighted by Crippen LogP contribution is -2.12. The predicted octanol–water partition coefficient (Wildman–Crippen LogP) is 2.82. The van der Waals surface area contributed by atoms with Gasteiger partial charge in [0.1, 0.15) is 5.75 Å². The molecule has 0 heterocycles. The zero-order chi connectivity index (χ0) is 10.9. The van der Waals surface area contributed by atoms with Gasteiger partial charge in [-0.05, 0) is 44.0 Å². The van der Waals surface area contributed by atoms with Gasteiger partial charge in [-0.15, -0.1) is 11.6 Å². The number of phenolic OH excluding ortho intramolecular Hbond substituents is 1. The zero-order valence-electron chi connectivity index (χ0n) is 8.47. The SMILES string of the molecule is Cc1c(O)ccc(C(=O)C(C)Cl)c1C. The molecule has 0 bridgehead atoms. The fourth-order valence-electron chi connectivity index (χ4n) is 1.29. The summed E-state index contributed by atoms with van der Waals surface area (Å²) in [5.41, 5.74) is 2.11. The molecule has 14 heavy (non-hydrogen) atoms. The predicted molar refractivity (Wildman–Crippen MR) is 57.2 cm³/mol. The van der Waals surface area contributed by atoms with E-state index in [1.165, 1.54) is 6.07 Å². The Bertz CT molecular complexity index is 370. The summed E-state index contributed by atoms with van der Waals surface area (Å²) in [6, 6.07) is 3.13. The number of alkyl halides is 1. The van der Waals surface area contributed by atoms with Crippen LogP contribution in [0, 0.1) is 13.8 Å². The maximum atomic E-state index is 11.6. The molecule has 3 heteroatoms. The lowest BCUT2D eigenvalue weighted by molar-refractivity contribution is 0.0991. The largest absolute Gasteiger partial charge is 0.508 e. The molecule has 0 aliphatic carbocycles. The first kappa shape index (κ1) is 11.1. The molecule has 0 amide bonds. The molecule has 0 aliphatic rings. The summed E-state index contributed by atoms with van der Waals surface area (Å²) in [4.78, 5) is 11.6. The number of hydrogen-bond acceptors (Lipinski definition) is 2. The highest BCUT2D eigenvalue weighted by Crippen LogP contribution is 2.24. The van der Waals surface area contributed by atoms with Crippen LogP contribution >= 0.6 is 11.6 Å². The van der Waals surface area contributed by atoms with E-state index >= 15 is 0 Å². The van der Waals surface area contributed by atoms with E-state index in [1.807, 2.05) is 6.92 Å². The summed E-state index contributed by atoms with van der Waals surface area (Å²) in [6.07, 6.45) is 0. The van der Waals surface area contributed by atoms with Gasteiger partial charge in [-0.25, -0.2) is 0 Å². The average molecular weight is 213 g/mol. The molecule has 0 aromatic heterocycles. The Morgan fingerprint density at radius 3 is 2.43 bits per heavy atom. The first-order valence-corrected chi connectivity index (χ1v) is 4.86. The van der Waals surface area contributed by atoms with Crippen molar-refractivity contribution in [2.24, 2.45) is 0 Å². The highest BCUT2D eigenvalue weighted by molar-refractivity contribution is 6.33. The van der Waals surface area contributed by atoms with E-state index in [2.05, 4.69) is 0 Å². The summed E-state index contributed by atoms with van der Waals surface area (Å²) in [5, 5.41) is 8.87. The van der Waals surface area contributed by atoms with Crippen molar-refractivity contribution in [1.29, 1.82) is 0 Å². The summed E-state index contributed by atoms with van der Waals surface area (Å²) >= 11 is 5.71. The van der Waals surface area contributed by atoms with Crippen molar-refractivity contribution >= 4 is 17.4 Å². The van der Waals surface area contributed by atoms with Crippen molar-refractivity contribution < 1.29 is 9.90 Å². The standard InChI is InChI=1S/C11H13ClO2/c1-6-7(2)10(13)5-4-9(6)11(14)8(3)12/h4-5,8,13H,1-3H3. The number of aromatic hydroxyl groups is 1. The second kappa shape index (κ2) is 4.01. The van der Waals surface area contributed by atoms with Gasteiger partial charge in [0, 0.05) is 5.56 Å². The molecule has 1 rings (SSSR count). The molecular weight excluding hydrogens is 200 g/mol. The molecule has 0 saturated carbocycles.